The number of pyridine rings is 1. The summed E-state index contributed by atoms with van der Waals surface area (Å²) in [5, 5.41) is 11.7. The molecule has 1 heterocycles. The molecule has 10 heteroatoms. The van der Waals surface area contributed by atoms with Gasteiger partial charge in [0, 0.05) is 38.3 Å². The number of rotatable bonds is 7. The number of alkyl halides is 2. The minimum atomic E-state index is -3.35. The summed E-state index contributed by atoms with van der Waals surface area (Å²) in [7, 11) is 4.88. The van der Waals surface area contributed by atoms with Gasteiger partial charge in [0.25, 0.3) is 0 Å². The van der Waals surface area contributed by atoms with Crippen LogP contribution in [0, 0.1) is 3.70 Å². The molecule has 1 aromatic carbocycles. The van der Waals surface area contributed by atoms with E-state index in [2.05, 4.69) is 48.6 Å². The monoisotopic (exact) mass is 503 g/mol. The van der Waals surface area contributed by atoms with Gasteiger partial charge in [-0.25, -0.2) is 9.99 Å². The minimum absolute atomic E-state index is 0.175. The molecule has 1 atom stereocenters. The number of hydrazone groups is 2. The molecule has 0 saturated carbocycles. The van der Waals surface area contributed by atoms with Crippen molar-refractivity contribution in [3.05, 3.63) is 39.6 Å². The molecule has 0 aliphatic carbocycles. The Balaban J connectivity index is 2.33. The number of nitrogens with one attached hydrogen (secondary N) is 2. The lowest BCUT2D eigenvalue weighted by Gasteiger charge is -2.33. The van der Waals surface area contributed by atoms with Crippen LogP contribution in [0.5, 0.6) is 0 Å². The Hall–Kier alpha value is -2.08. The van der Waals surface area contributed by atoms with Gasteiger partial charge < -0.3 is 5.43 Å². The highest BCUT2D eigenvalue weighted by Crippen LogP contribution is 2.31. The molecule has 0 amide bonds. The van der Waals surface area contributed by atoms with Crippen molar-refractivity contribution in [1.82, 2.24) is 25.9 Å². The summed E-state index contributed by atoms with van der Waals surface area (Å²) in [6, 6.07) is 7.95. The average molecular weight is 503 g/mol. The SMILES string of the molecule is C/C=N\N(C)C(C)N(C)NC(=NNC)C(F)(F)c1ccc2nc(I)ccc2c1. The third-order valence-electron chi connectivity index (χ3n) is 4.22. The molecule has 0 radical (unpaired) electrons. The third kappa shape index (κ3) is 5.04. The van der Waals surface area contributed by atoms with Crippen molar-refractivity contribution in [2.75, 3.05) is 21.1 Å². The van der Waals surface area contributed by atoms with Crippen LogP contribution in [0.25, 0.3) is 10.9 Å². The molecule has 0 spiro atoms. The first-order valence-corrected chi connectivity index (χ1v) is 9.69. The number of benzene rings is 1. The number of aromatic nitrogens is 1. The van der Waals surface area contributed by atoms with Crippen LogP contribution in [0.1, 0.15) is 19.4 Å². The van der Waals surface area contributed by atoms with Gasteiger partial charge in [-0.1, -0.05) is 12.1 Å². The fourth-order valence-electron chi connectivity index (χ4n) is 2.50. The van der Waals surface area contributed by atoms with Crippen LogP contribution in [-0.2, 0) is 5.92 Å². The van der Waals surface area contributed by atoms with Crippen LogP contribution in [0.2, 0.25) is 0 Å². The summed E-state index contributed by atoms with van der Waals surface area (Å²) in [6.45, 7) is 3.62. The zero-order valence-electron chi connectivity index (χ0n) is 16.4. The molecule has 0 aliphatic heterocycles. The first kappa shape index (κ1) is 22.2. The fourth-order valence-corrected chi connectivity index (χ4v) is 2.94. The van der Waals surface area contributed by atoms with E-state index in [1.807, 2.05) is 6.92 Å². The predicted octanol–water partition coefficient (Wildman–Crippen LogP) is 3.18. The van der Waals surface area contributed by atoms with Gasteiger partial charge in [-0.15, -0.1) is 0 Å². The maximum Gasteiger partial charge on any atom is 0.332 e. The number of hydrogen-bond donors (Lipinski definition) is 2. The Morgan fingerprint density at radius 1 is 1.29 bits per heavy atom. The first-order valence-electron chi connectivity index (χ1n) is 8.61. The van der Waals surface area contributed by atoms with Crippen LogP contribution >= 0.6 is 22.6 Å². The van der Waals surface area contributed by atoms with Gasteiger partial charge in [-0.2, -0.15) is 19.0 Å². The average Bonchev–Trinajstić information content (AvgIpc) is 2.66. The molecule has 0 aliphatic rings. The second-order valence-corrected chi connectivity index (χ2v) is 7.21. The second-order valence-electron chi connectivity index (χ2n) is 6.10. The van der Waals surface area contributed by atoms with E-state index < -0.39 is 11.8 Å². The van der Waals surface area contributed by atoms with E-state index in [0.717, 1.165) is 3.70 Å². The molecule has 28 heavy (non-hydrogen) atoms. The van der Waals surface area contributed by atoms with Crippen molar-refractivity contribution in [1.29, 1.82) is 0 Å². The van der Waals surface area contributed by atoms with Crippen molar-refractivity contribution < 1.29 is 8.78 Å². The number of halogens is 3. The van der Waals surface area contributed by atoms with E-state index in [0.29, 0.717) is 10.9 Å². The standard InChI is InChI=1S/C18H24F2IN7/c1-6-23-27(4)12(2)28(5)26-17(25-22-3)18(19,20)14-8-9-15-13(11-14)7-10-16(21)24-15/h6-12,22H,1-5H3,(H,25,26)/b23-6-. The van der Waals surface area contributed by atoms with E-state index in [1.54, 1.807) is 50.4 Å². The summed E-state index contributed by atoms with van der Waals surface area (Å²) in [5.41, 5.74) is 5.63. The smallest absolute Gasteiger partial charge is 0.311 e. The van der Waals surface area contributed by atoms with Gasteiger partial charge in [-0.3, -0.25) is 10.4 Å². The summed E-state index contributed by atoms with van der Waals surface area (Å²) >= 11 is 2.09. The molecule has 0 bridgehead atoms. The number of hydrazine groups is 1. The Morgan fingerprint density at radius 3 is 2.64 bits per heavy atom. The molecule has 0 saturated heterocycles. The van der Waals surface area contributed by atoms with Gasteiger partial charge in [0.05, 0.1) is 5.52 Å². The van der Waals surface area contributed by atoms with Gasteiger partial charge in [0.1, 0.15) is 9.87 Å². The van der Waals surface area contributed by atoms with Crippen LogP contribution in [-0.4, -0.2) is 54.4 Å². The van der Waals surface area contributed by atoms with Crippen LogP contribution in [0.4, 0.5) is 8.78 Å². The number of amidine groups is 1. The molecule has 0 fully saturated rings. The molecular weight excluding hydrogens is 479 g/mol. The second kappa shape index (κ2) is 9.41. The largest absolute Gasteiger partial charge is 0.332 e. The van der Waals surface area contributed by atoms with Crippen molar-refractivity contribution in [3.8, 4) is 0 Å². The van der Waals surface area contributed by atoms with Crippen LogP contribution < -0.4 is 10.9 Å². The number of nitrogens with zero attached hydrogens (tertiary/aromatic N) is 5. The molecule has 2 N–H and O–H groups in total. The summed E-state index contributed by atoms with van der Waals surface area (Å²) in [6.07, 6.45) is 1.34. The third-order valence-corrected chi connectivity index (χ3v) is 4.82. The van der Waals surface area contributed by atoms with E-state index in [-0.39, 0.29) is 11.7 Å². The zero-order chi connectivity index (χ0) is 20.9. The Labute approximate surface area is 177 Å². The van der Waals surface area contributed by atoms with Gasteiger partial charge in [0.2, 0.25) is 5.84 Å². The normalized spacial score (nSPS) is 14.0. The predicted molar refractivity (Wildman–Crippen MR) is 117 cm³/mol. The highest BCUT2D eigenvalue weighted by atomic mass is 127. The Bertz CT molecular complexity index is 872. The van der Waals surface area contributed by atoms with Gasteiger partial charge in [0.15, 0.2) is 0 Å². The molecule has 1 unspecified atom stereocenters. The minimum Gasteiger partial charge on any atom is -0.311 e. The summed E-state index contributed by atoms with van der Waals surface area (Å²) in [5.74, 6) is -3.86. The van der Waals surface area contributed by atoms with Crippen molar-refractivity contribution in [2.24, 2.45) is 10.2 Å². The lowest BCUT2D eigenvalue weighted by molar-refractivity contribution is 0.0412. The molecular formula is C18H24F2IN7. The fraction of sp³-hybridized carbons (Fsp3) is 0.389. The van der Waals surface area contributed by atoms with Crippen molar-refractivity contribution in [3.63, 3.8) is 0 Å². The highest BCUT2D eigenvalue weighted by Gasteiger charge is 2.40. The summed E-state index contributed by atoms with van der Waals surface area (Å²) < 4.78 is 31.3. The lowest BCUT2D eigenvalue weighted by Crippen LogP contribution is -2.54. The maximum absolute atomic E-state index is 15.3. The van der Waals surface area contributed by atoms with Crippen LogP contribution in [0.15, 0.2) is 40.5 Å². The molecule has 152 valence electrons. The van der Waals surface area contributed by atoms with E-state index in [9.17, 15) is 0 Å². The zero-order valence-corrected chi connectivity index (χ0v) is 18.6. The lowest BCUT2D eigenvalue weighted by atomic mass is 10.0. The van der Waals surface area contributed by atoms with Crippen molar-refractivity contribution in [2.45, 2.75) is 25.9 Å². The maximum atomic E-state index is 15.3. The Morgan fingerprint density at radius 2 is 2.00 bits per heavy atom. The molecule has 7 nitrogen and oxygen atoms in total. The number of fused-ring (bicyclic) bond motifs is 1. The van der Waals surface area contributed by atoms with E-state index >= 15 is 8.78 Å². The van der Waals surface area contributed by atoms with E-state index in [1.165, 1.54) is 24.2 Å². The van der Waals surface area contributed by atoms with Crippen LogP contribution in [0.3, 0.4) is 0 Å². The van der Waals surface area contributed by atoms with Gasteiger partial charge >= 0.3 is 5.92 Å². The molecule has 1 aromatic heterocycles. The number of hydrogen-bond acceptors (Lipinski definition) is 6. The van der Waals surface area contributed by atoms with Gasteiger partial charge in [-0.05, 0) is 54.6 Å². The summed E-state index contributed by atoms with van der Waals surface area (Å²) in [4.78, 5) is 4.34. The quantitative estimate of drug-likeness (QED) is 0.152. The van der Waals surface area contributed by atoms with Crippen molar-refractivity contribution >= 4 is 45.5 Å². The molecule has 2 aromatic rings. The molecule has 2 rings (SSSR count). The van der Waals surface area contributed by atoms with E-state index in [4.69, 9.17) is 0 Å². The first-order chi connectivity index (χ1) is 13.2. The highest BCUT2D eigenvalue weighted by molar-refractivity contribution is 14.1. The Kier molecular flexibility index (Phi) is 7.47. The topological polar surface area (TPSA) is 68.2 Å².